The molecule has 1 aliphatic heterocycles. The molecule has 1 saturated heterocycles. The quantitative estimate of drug-likeness (QED) is 0.637. The van der Waals surface area contributed by atoms with E-state index in [0.717, 1.165) is 25.3 Å². The number of carbonyl (C=O) groups is 1. The minimum atomic E-state index is 0.0530. The van der Waals surface area contributed by atoms with Crippen LogP contribution in [-0.4, -0.2) is 39.4 Å². The average molecular weight is 280 g/mol. The number of hydrazine groups is 1. The Morgan fingerprint density at radius 3 is 3.05 bits per heavy atom. The number of carbonyl (C=O) groups excluding carboxylic acids is 1. The van der Waals surface area contributed by atoms with Crippen LogP contribution in [0.15, 0.2) is 18.3 Å². The molecule has 6 heteroatoms. The Morgan fingerprint density at radius 2 is 2.32 bits per heavy atom. The van der Waals surface area contributed by atoms with Crippen LogP contribution in [0, 0.1) is 0 Å². The number of nitrogens with two attached hydrogens (primary N) is 1. The molecule has 1 aliphatic rings. The largest absolute Gasteiger partial charge is 0.338 e. The summed E-state index contributed by atoms with van der Waals surface area (Å²) in [5, 5.41) is 0. The third kappa shape index (κ3) is 3.61. The van der Waals surface area contributed by atoms with Crippen LogP contribution in [0.5, 0.6) is 0 Å². The summed E-state index contributed by atoms with van der Waals surface area (Å²) >= 11 is 1.93. The molecule has 0 radical (unpaired) electrons. The fourth-order valence-corrected chi connectivity index (χ4v) is 3.15. The van der Waals surface area contributed by atoms with Gasteiger partial charge in [0.15, 0.2) is 0 Å². The zero-order chi connectivity index (χ0) is 13.9. The van der Waals surface area contributed by atoms with E-state index < -0.39 is 0 Å². The van der Waals surface area contributed by atoms with Gasteiger partial charge in [-0.15, -0.1) is 0 Å². The summed E-state index contributed by atoms with van der Waals surface area (Å²) < 4.78 is 0.247. The lowest BCUT2D eigenvalue weighted by Gasteiger charge is -2.22. The molecular formula is C13H20N4OS. The molecule has 3 N–H and O–H groups in total. The second-order valence-corrected chi connectivity index (χ2v) is 7.03. The van der Waals surface area contributed by atoms with Crippen molar-refractivity contribution in [3.05, 3.63) is 23.9 Å². The molecular weight excluding hydrogens is 260 g/mol. The van der Waals surface area contributed by atoms with Gasteiger partial charge in [-0.3, -0.25) is 4.79 Å². The van der Waals surface area contributed by atoms with Crippen molar-refractivity contribution in [1.29, 1.82) is 0 Å². The van der Waals surface area contributed by atoms with E-state index in [1.165, 1.54) is 0 Å². The smallest absolute Gasteiger partial charge is 0.254 e. The van der Waals surface area contributed by atoms with Crippen LogP contribution < -0.4 is 11.3 Å². The van der Waals surface area contributed by atoms with Gasteiger partial charge in [-0.25, -0.2) is 10.8 Å². The summed E-state index contributed by atoms with van der Waals surface area (Å²) in [6.07, 6.45) is 2.61. The summed E-state index contributed by atoms with van der Waals surface area (Å²) in [6, 6.07) is 3.41. The Bertz CT molecular complexity index is 464. The van der Waals surface area contributed by atoms with E-state index in [1.54, 1.807) is 18.3 Å². The number of thioether (sulfide) groups is 1. The van der Waals surface area contributed by atoms with Crippen LogP contribution in [0.25, 0.3) is 0 Å². The van der Waals surface area contributed by atoms with Crippen LogP contribution >= 0.6 is 11.8 Å². The van der Waals surface area contributed by atoms with E-state index in [9.17, 15) is 4.79 Å². The van der Waals surface area contributed by atoms with E-state index in [0.29, 0.717) is 11.4 Å². The van der Waals surface area contributed by atoms with Gasteiger partial charge < -0.3 is 10.3 Å². The van der Waals surface area contributed by atoms with Crippen molar-refractivity contribution in [2.45, 2.75) is 25.0 Å². The lowest BCUT2D eigenvalue weighted by molar-refractivity contribution is 0.0764. The molecule has 2 heterocycles. The van der Waals surface area contributed by atoms with Gasteiger partial charge in [0.05, 0.1) is 0 Å². The molecule has 5 nitrogen and oxygen atoms in total. The van der Waals surface area contributed by atoms with Gasteiger partial charge in [0, 0.05) is 35.3 Å². The number of hydrogen-bond acceptors (Lipinski definition) is 5. The first kappa shape index (κ1) is 14.1. The van der Waals surface area contributed by atoms with Gasteiger partial charge in [-0.1, -0.05) is 13.8 Å². The van der Waals surface area contributed by atoms with Crippen molar-refractivity contribution in [1.82, 2.24) is 9.88 Å². The third-order valence-electron chi connectivity index (χ3n) is 3.28. The van der Waals surface area contributed by atoms with Gasteiger partial charge in [-0.05, 0) is 18.6 Å². The monoisotopic (exact) mass is 280 g/mol. The second kappa shape index (κ2) is 5.79. The predicted molar refractivity (Wildman–Crippen MR) is 79.1 cm³/mol. The second-order valence-electron chi connectivity index (χ2n) is 5.22. The molecule has 0 aromatic carbocycles. The van der Waals surface area contributed by atoms with Gasteiger partial charge >= 0.3 is 0 Å². The van der Waals surface area contributed by atoms with Crippen molar-refractivity contribution in [2.24, 2.45) is 5.84 Å². The molecule has 0 spiro atoms. The normalized spacial score (nSPS) is 18.8. The van der Waals surface area contributed by atoms with E-state index in [1.807, 2.05) is 16.7 Å². The standard InChI is InChI=1S/C13H20N4OS/c1-13(2)4-6-17(7-8-19-13)12(18)10-3-5-15-11(9-10)16-14/h3,5,9H,4,6-8,14H2,1-2H3,(H,15,16). The molecule has 1 aromatic rings. The van der Waals surface area contributed by atoms with Gasteiger partial charge in [0.1, 0.15) is 5.82 Å². The number of aromatic nitrogens is 1. The van der Waals surface area contributed by atoms with Crippen molar-refractivity contribution in [3.63, 3.8) is 0 Å². The predicted octanol–water partition coefficient (Wildman–Crippen LogP) is 1.72. The molecule has 104 valence electrons. The fraction of sp³-hybridized carbons (Fsp3) is 0.538. The molecule has 0 bridgehead atoms. The lowest BCUT2D eigenvalue weighted by atomic mass is 10.1. The maximum atomic E-state index is 12.5. The van der Waals surface area contributed by atoms with Crippen molar-refractivity contribution < 1.29 is 4.79 Å². The SMILES string of the molecule is CC1(C)CCN(C(=O)c2ccnc(NN)c2)CCS1. The van der Waals surface area contributed by atoms with Crippen molar-refractivity contribution in [3.8, 4) is 0 Å². The van der Waals surface area contributed by atoms with Gasteiger partial charge in [0.25, 0.3) is 5.91 Å². The first-order chi connectivity index (χ1) is 9.02. The van der Waals surface area contributed by atoms with Crippen molar-refractivity contribution in [2.75, 3.05) is 24.3 Å². The number of rotatable bonds is 2. The molecule has 1 aromatic heterocycles. The van der Waals surface area contributed by atoms with Crippen LogP contribution in [0.1, 0.15) is 30.6 Å². The maximum Gasteiger partial charge on any atom is 0.254 e. The van der Waals surface area contributed by atoms with Crippen LogP contribution in [-0.2, 0) is 0 Å². The first-order valence-electron chi connectivity index (χ1n) is 6.38. The number of nitrogens with zero attached hydrogens (tertiary/aromatic N) is 2. The highest BCUT2D eigenvalue weighted by molar-refractivity contribution is 8.00. The first-order valence-corrected chi connectivity index (χ1v) is 7.36. The van der Waals surface area contributed by atoms with E-state index in [2.05, 4.69) is 24.3 Å². The van der Waals surface area contributed by atoms with Gasteiger partial charge in [0.2, 0.25) is 0 Å². The lowest BCUT2D eigenvalue weighted by Crippen LogP contribution is -2.33. The molecule has 0 unspecified atom stereocenters. The highest BCUT2D eigenvalue weighted by Gasteiger charge is 2.26. The summed E-state index contributed by atoms with van der Waals surface area (Å²) in [6.45, 7) is 6.05. The number of pyridine rings is 1. The summed E-state index contributed by atoms with van der Waals surface area (Å²) in [4.78, 5) is 18.4. The summed E-state index contributed by atoms with van der Waals surface area (Å²) in [7, 11) is 0. The highest BCUT2D eigenvalue weighted by atomic mass is 32.2. The Morgan fingerprint density at radius 1 is 1.53 bits per heavy atom. The number of hydrogen-bond donors (Lipinski definition) is 2. The zero-order valence-electron chi connectivity index (χ0n) is 11.3. The summed E-state index contributed by atoms with van der Waals surface area (Å²) in [5.74, 6) is 6.86. The number of amides is 1. The topological polar surface area (TPSA) is 71.2 Å². The fourth-order valence-electron chi connectivity index (χ4n) is 2.05. The zero-order valence-corrected chi connectivity index (χ0v) is 12.2. The van der Waals surface area contributed by atoms with E-state index in [-0.39, 0.29) is 10.7 Å². The molecule has 2 rings (SSSR count). The Labute approximate surface area is 117 Å². The molecule has 0 aliphatic carbocycles. The van der Waals surface area contributed by atoms with Gasteiger partial charge in [-0.2, -0.15) is 11.8 Å². The molecule has 0 atom stereocenters. The highest BCUT2D eigenvalue weighted by Crippen LogP contribution is 2.31. The minimum absolute atomic E-state index is 0.0530. The molecule has 0 saturated carbocycles. The van der Waals surface area contributed by atoms with E-state index in [4.69, 9.17) is 5.84 Å². The number of anilines is 1. The van der Waals surface area contributed by atoms with E-state index >= 15 is 0 Å². The van der Waals surface area contributed by atoms with Crippen LogP contribution in [0.3, 0.4) is 0 Å². The molecule has 19 heavy (non-hydrogen) atoms. The Kier molecular flexibility index (Phi) is 4.31. The summed E-state index contributed by atoms with van der Waals surface area (Å²) in [5.41, 5.74) is 3.10. The van der Waals surface area contributed by atoms with Crippen molar-refractivity contribution >= 4 is 23.5 Å². The molecule has 1 fully saturated rings. The van der Waals surface area contributed by atoms with Crippen LogP contribution in [0.4, 0.5) is 5.82 Å². The maximum absolute atomic E-state index is 12.5. The average Bonchev–Trinajstić information content (AvgIpc) is 2.59. The third-order valence-corrected chi connectivity index (χ3v) is 4.65. The Hall–Kier alpha value is -1.27. The van der Waals surface area contributed by atoms with Crippen LogP contribution in [0.2, 0.25) is 0 Å². The minimum Gasteiger partial charge on any atom is -0.338 e. The number of nitrogens with one attached hydrogen (secondary N) is 1. The number of nitrogen functional groups attached to an aromatic ring is 1. The Balaban J connectivity index is 2.10. The molecule has 1 amide bonds.